The number of pyridine rings is 1. The minimum atomic E-state index is -0.739. The first-order chi connectivity index (χ1) is 9.95. The number of amides is 1. The monoisotopic (exact) mass is 327 g/mol. The van der Waals surface area contributed by atoms with E-state index in [-0.39, 0.29) is 22.1 Å². The van der Waals surface area contributed by atoms with Crippen LogP contribution in [-0.4, -0.2) is 17.9 Å². The normalized spacial score (nSPS) is 10.3. The predicted molar refractivity (Wildman–Crippen MR) is 82.9 cm³/mol. The van der Waals surface area contributed by atoms with E-state index in [4.69, 9.17) is 23.2 Å². The summed E-state index contributed by atoms with van der Waals surface area (Å²) < 4.78 is 14.1. The lowest BCUT2D eigenvalue weighted by atomic mass is 10.2. The van der Waals surface area contributed by atoms with Crippen LogP contribution in [0.1, 0.15) is 15.9 Å². The molecule has 2 aromatic rings. The van der Waals surface area contributed by atoms with Crippen LogP contribution in [0, 0.1) is 12.7 Å². The van der Waals surface area contributed by atoms with Gasteiger partial charge in [0.05, 0.1) is 21.3 Å². The van der Waals surface area contributed by atoms with Crippen molar-refractivity contribution in [3.63, 3.8) is 0 Å². The Hall–Kier alpha value is -1.85. The van der Waals surface area contributed by atoms with E-state index < -0.39 is 11.7 Å². The Kier molecular flexibility index (Phi) is 4.65. The number of anilines is 2. The van der Waals surface area contributed by atoms with Crippen LogP contribution in [-0.2, 0) is 0 Å². The van der Waals surface area contributed by atoms with Crippen molar-refractivity contribution >= 4 is 40.6 Å². The Morgan fingerprint density at radius 1 is 1.29 bits per heavy atom. The van der Waals surface area contributed by atoms with E-state index in [1.54, 1.807) is 19.1 Å². The summed E-state index contributed by atoms with van der Waals surface area (Å²) in [6, 6.07) is 4.62. The number of aromatic nitrogens is 1. The van der Waals surface area contributed by atoms with Crippen molar-refractivity contribution in [1.82, 2.24) is 4.98 Å². The molecule has 1 amide bonds. The SMILES string of the molecule is CNc1nccc(C(=O)Nc2c(Cl)ccc(C)c2Cl)c1F. The molecule has 0 atom stereocenters. The molecule has 7 heteroatoms. The van der Waals surface area contributed by atoms with Crippen molar-refractivity contribution in [3.05, 3.63) is 51.4 Å². The topological polar surface area (TPSA) is 54.0 Å². The molecule has 0 unspecified atom stereocenters. The van der Waals surface area contributed by atoms with Gasteiger partial charge in [-0.2, -0.15) is 0 Å². The van der Waals surface area contributed by atoms with Crippen molar-refractivity contribution in [2.75, 3.05) is 17.7 Å². The lowest BCUT2D eigenvalue weighted by Gasteiger charge is -2.12. The first-order valence-corrected chi connectivity index (χ1v) is 6.79. The van der Waals surface area contributed by atoms with Gasteiger partial charge in [-0.05, 0) is 24.6 Å². The minimum absolute atomic E-state index is 0.0101. The van der Waals surface area contributed by atoms with Crippen molar-refractivity contribution in [2.45, 2.75) is 6.92 Å². The van der Waals surface area contributed by atoms with Crippen molar-refractivity contribution in [2.24, 2.45) is 0 Å². The summed E-state index contributed by atoms with van der Waals surface area (Å²) in [4.78, 5) is 16.0. The van der Waals surface area contributed by atoms with Crippen molar-refractivity contribution in [1.29, 1.82) is 0 Å². The van der Waals surface area contributed by atoms with Crippen LogP contribution in [0.25, 0.3) is 0 Å². The van der Waals surface area contributed by atoms with Gasteiger partial charge >= 0.3 is 0 Å². The van der Waals surface area contributed by atoms with E-state index in [2.05, 4.69) is 15.6 Å². The molecule has 110 valence electrons. The molecule has 0 bridgehead atoms. The summed E-state index contributed by atoms with van der Waals surface area (Å²) in [5, 5.41) is 5.70. The van der Waals surface area contributed by atoms with Crippen molar-refractivity contribution < 1.29 is 9.18 Å². The second kappa shape index (κ2) is 6.28. The number of aryl methyl sites for hydroxylation is 1. The van der Waals surface area contributed by atoms with Crippen LogP contribution >= 0.6 is 23.2 Å². The molecule has 2 N–H and O–H groups in total. The largest absolute Gasteiger partial charge is 0.371 e. The Morgan fingerprint density at radius 2 is 2.00 bits per heavy atom. The van der Waals surface area contributed by atoms with E-state index in [0.29, 0.717) is 5.02 Å². The molecule has 0 aliphatic carbocycles. The van der Waals surface area contributed by atoms with E-state index in [9.17, 15) is 9.18 Å². The highest BCUT2D eigenvalue weighted by atomic mass is 35.5. The number of carbonyl (C=O) groups is 1. The number of rotatable bonds is 3. The third-order valence-electron chi connectivity index (χ3n) is 2.89. The molecule has 1 aromatic carbocycles. The summed E-state index contributed by atoms with van der Waals surface area (Å²) in [5.41, 5.74) is 0.857. The second-order valence-corrected chi connectivity index (χ2v) is 5.06. The minimum Gasteiger partial charge on any atom is -0.371 e. The van der Waals surface area contributed by atoms with Gasteiger partial charge in [-0.3, -0.25) is 4.79 Å². The fourth-order valence-electron chi connectivity index (χ4n) is 1.75. The Bertz CT molecular complexity index is 707. The number of benzene rings is 1. The maximum Gasteiger partial charge on any atom is 0.258 e. The summed E-state index contributed by atoms with van der Waals surface area (Å²) in [7, 11) is 1.52. The molecule has 0 radical (unpaired) electrons. The molecule has 1 heterocycles. The van der Waals surface area contributed by atoms with Gasteiger partial charge in [0, 0.05) is 13.2 Å². The molecule has 0 saturated carbocycles. The molecule has 0 aliphatic rings. The number of nitrogens with zero attached hydrogens (tertiary/aromatic N) is 1. The summed E-state index contributed by atoms with van der Waals surface area (Å²) in [5.74, 6) is -1.40. The number of halogens is 3. The van der Waals surface area contributed by atoms with Gasteiger partial charge in [-0.1, -0.05) is 29.3 Å². The summed E-state index contributed by atoms with van der Waals surface area (Å²) in [6.45, 7) is 1.78. The average molecular weight is 328 g/mol. The van der Waals surface area contributed by atoms with Crippen LogP contribution in [0.2, 0.25) is 10.0 Å². The molecule has 0 aliphatic heterocycles. The number of carbonyl (C=O) groups excluding carboxylic acids is 1. The summed E-state index contributed by atoms with van der Waals surface area (Å²) in [6.07, 6.45) is 1.34. The standard InChI is InChI=1S/C14H12Cl2FN3O/c1-7-3-4-9(15)12(10(7)16)20-14(21)8-5-6-19-13(18-2)11(8)17/h3-6H,1-2H3,(H,18,19)(H,20,21). The fraction of sp³-hybridized carbons (Fsp3) is 0.143. The van der Waals surface area contributed by atoms with Gasteiger partial charge in [0.25, 0.3) is 5.91 Å². The Labute approximate surface area is 131 Å². The van der Waals surface area contributed by atoms with Crippen LogP contribution < -0.4 is 10.6 Å². The third kappa shape index (κ3) is 3.09. The molecular weight excluding hydrogens is 316 g/mol. The molecule has 0 spiro atoms. The average Bonchev–Trinajstić information content (AvgIpc) is 2.47. The van der Waals surface area contributed by atoms with E-state index in [1.807, 2.05) is 0 Å². The molecule has 0 fully saturated rings. The first-order valence-electron chi connectivity index (χ1n) is 6.04. The van der Waals surface area contributed by atoms with Crippen molar-refractivity contribution in [3.8, 4) is 0 Å². The Balaban J connectivity index is 2.38. The lowest BCUT2D eigenvalue weighted by Crippen LogP contribution is -2.16. The zero-order chi connectivity index (χ0) is 15.6. The van der Waals surface area contributed by atoms with E-state index in [1.165, 1.54) is 19.3 Å². The first kappa shape index (κ1) is 15.5. The summed E-state index contributed by atoms with van der Waals surface area (Å²) >= 11 is 12.1. The molecule has 4 nitrogen and oxygen atoms in total. The lowest BCUT2D eigenvalue weighted by molar-refractivity contribution is 0.102. The van der Waals surface area contributed by atoms with Gasteiger partial charge in [-0.15, -0.1) is 0 Å². The van der Waals surface area contributed by atoms with Crippen LogP contribution in [0.4, 0.5) is 15.9 Å². The highest BCUT2D eigenvalue weighted by Crippen LogP contribution is 2.33. The maximum absolute atomic E-state index is 14.1. The highest BCUT2D eigenvalue weighted by molar-refractivity contribution is 6.40. The smallest absolute Gasteiger partial charge is 0.258 e. The predicted octanol–water partition coefficient (Wildman–Crippen LogP) is 4.13. The number of hydrogen-bond donors (Lipinski definition) is 2. The number of nitrogens with one attached hydrogen (secondary N) is 2. The van der Waals surface area contributed by atoms with Gasteiger partial charge in [0.1, 0.15) is 0 Å². The highest BCUT2D eigenvalue weighted by Gasteiger charge is 2.18. The molecule has 0 saturated heterocycles. The van der Waals surface area contributed by atoms with Gasteiger partial charge < -0.3 is 10.6 Å². The van der Waals surface area contributed by atoms with Gasteiger partial charge in [0.2, 0.25) is 0 Å². The Morgan fingerprint density at radius 3 is 2.67 bits per heavy atom. The zero-order valence-corrected chi connectivity index (χ0v) is 12.8. The quantitative estimate of drug-likeness (QED) is 0.891. The van der Waals surface area contributed by atoms with Crippen LogP contribution in [0.15, 0.2) is 24.4 Å². The van der Waals surface area contributed by atoms with Gasteiger partial charge in [0.15, 0.2) is 11.6 Å². The van der Waals surface area contributed by atoms with E-state index in [0.717, 1.165) is 5.56 Å². The van der Waals surface area contributed by atoms with Crippen LogP contribution in [0.3, 0.4) is 0 Å². The fourth-order valence-corrected chi connectivity index (χ4v) is 2.21. The molecule has 2 rings (SSSR count). The van der Waals surface area contributed by atoms with Crippen LogP contribution in [0.5, 0.6) is 0 Å². The zero-order valence-electron chi connectivity index (χ0n) is 11.3. The molecule has 21 heavy (non-hydrogen) atoms. The number of hydrogen-bond acceptors (Lipinski definition) is 3. The second-order valence-electron chi connectivity index (χ2n) is 4.28. The van der Waals surface area contributed by atoms with E-state index >= 15 is 0 Å². The third-order valence-corrected chi connectivity index (χ3v) is 3.70. The van der Waals surface area contributed by atoms with Gasteiger partial charge in [-0.25, -0.2) is 9.37 Å². The maximum atomic E-state index is 14.1. The molecule has 1 aromatic heterocycles. The molecular formula is C14H12Cl2FN3O.